The summed E-state index contributed by atoms with van der Waals surface area (Å²) in [6.07, 6.45) is 4.41. The first kappa shape index (κ1) is 8.25. The Bertz CT molecular complexity index is 489. The second-order valence-electron chi connectivity index (χ2n) is 3.82. The second kappa shape index (κ2) is 2.96. The van der Waals surface area contributed by atoms with Crippen LogP contribution in [0.1, 0.15) is 24.5 Å². The summed E-state index contributed by atoms with van der Waals surface area (Å²) in [6.45, 7) is 0. The number of pyridine rings is 1. The molecule has 0 amide bonds. The Kier molecular flexibility index (Phi) is 1.74. The Morgan fingerprint density at radius 3 is 2.79 bits per heavy atom. The van der Waals surface area contributed by atoms with E-state index >= 15 is 0 Å². The van der Waals surface area contributed by atoms with Gasteiger partial charge in [-0.2, -0.15) is 0 Å². The third-order valence-electron chi connectivity index (χ3n) is 2.73. The number of hydrogen-bond acceptors (Lipinski definition) is 1. The number of aromatic nitrogens is 1. The van der Waals surface area contributed by atoms with Gasteiger partial charge in [0.1, 0.15) is 0 Å². The monoisotopic (exact) mass is 203 g/mol. The first-order chi connectivity index (χ1) is 6.86. The van der Waals surface area contributed by atoms with Crippen LogP contribution in [0.2, 0.25) is 5.02 Å². The summed E-state index contributed by atoms with van der Waals surface area (Å²) >= 11 is 6.31. The molecular weight excluding hydrogens is 194 g/mol. The lowest BCUT2D eigenvalue weighted by molar-refractivity contribution is 1.03. The van der Waals surface area contributed by atoms with Crippen LogP contribution >= 0.6 is 11.6 Å². The molecule has 0 unspecified atom stereocenters. The molecule has 1 aliphatic rings. The van der Waals surface area contributed by atoms with Crippen LogP contribution in [-0.4, -0.2) is 4.98 Å². The average Bonchev–Trinajstić information content (AvgIpc) is 3.03. The van der Waals surface area contributed by atoms with Gasteiger partial charge in [-0.05, 0) is 12.8 Å². The number of hydrogen-bond donors (Lipinski definition) is 0. The van der Waals surface area contributed by atoms with Crippen LogP contribution in [-0.2, 0) is 0 Å². The Morgan fingerprint density at radius 1 is 1.21 bits per heavy atom. The molecule has 1 aromatic carbocycles. The topological polar surface area (TPSA) is 12.9 Å². The fraction of sp³-hybridized carbons (Fsp3) is 0.250. The maximum absolute atomic E-state index is 6.31. The fourth-order valence-electron chi connectivity index (χ4n) is 1.78. The molecule has 1 nitrogen and oxygen atoms in total. The molecule has 0 saturated heterocycles. The van der Waals surface area contributed by atoms with Gasteiger partial charge >= 0.3 is 0 Å². The lowest BCUT2D eigenvalue weighted by atomic mass is 10.1. The molecule has 3 rings (SSSR count). The quantitative estimate of drug-likeness (QED) is 0.688. The van der Waals surface area contributed by atoms with Gasteiger partial charge in [0.15, 0.2) is 0 Å². The third kappa shape index (κ3) is 1.20. The van der Waals surface area contributed by atoms with Crippen molar-refractivity contribution in [3.8, 4) is 0 Å². The molecule has 0 atom stereocenters. The molecule has 0 spiro atoms. The molecular formula is C12H10ClN. The van der Waals surface area contributed by atoms with Gasteiger partial charge in [0, 0.05) is 22.9 Å². The van der Waals surface area contributed by atoms with E-state index in [1.54, 1.807) is 0 Å². The maximum atomic E-state index is 6.31. The summed E-state index contributed by atoms with van der Waals surface area (Å²) in [5, 5.41) is 3.11. The van der Waals surface area contributed by atoms with Gasteiger partial charge in [-0.3, -0.25) is 4.98 Å². The molecule has 2 heteroatoms. The first-order valence-corrected chi connectivity index (χ1v) is 5.27. The van der Waals surface area contributed by atoms with Crippen molar-refractivity contribution in [3.63, 3.8) is 0 Å². The zero-order valence-electron chi connectivity index (χ0n) is 7.70. The van der Waals surface area contributed by atoms with E-state index in [1.165, 1.54) is 12.8 Å². The molecule has 1 heterocycles. The molecule has 1 fully saturated rings. The predicted octanol–water partition coefficient (Wildman–Crippen LogP) is 3.77. The Hall–Kier alpha value is -1.08. The lowest BCUT2D eigenvalue weighted by Gasteiger charge is -2.04. The number of benzene rings is 1. The van der Waals surface area contributed by atoms with Crippen molar-refractivity contribution in [2.45, 2.75) is 18.8 Å². The number of rotatable bonds is 1. The van der Waals surface area contributed by atoms with E-state index in [9.17, 15) is 0 Å². The van der Waals surface area contributed by atoms with Crippen LogP contribution in [0.5, 0.6) is 0 Å². The summed E-state index contributed by atoms with van der Waals surface area (Å²) < 4.78 is 0. The highest BCUT2D eigenvalue weighted by Gasteiger charge is 2.27. The van der Waals surface area contributed by atoms with Gasteiger partial charge in [-0.1, -0.05) is 35.9 Å². The van der Waals surface area contributed by atoms with E-state index in [1.807, 2.05) is 24.4 Å². The van der Waals surface area contributed by atoms with Crippen molar-refractivity contribution in [1.29, 1.82) is 0 Å². The van der Waals surface area contributed by atoms with Crippen molar-refractivity contribution < 1.29 is 0 Å². The molecule has 0 N–H and O–H groups in total. The molecule has 0 radical (unpaired) electrons. The normalized spacial score (nSPS) is 16.1. The third-order valence-corrected chi connectivity index (χ3v) is 3.13. The van der Waals surface area contributed by atoms with Gasteiger partial charge in [-0.15, -0.1) is 0 Å². The average molecular weight is 204 g/mol. The van der Waals surface area contributed by atoms with Crippen LogP contribution in [0.15, 0.2) is 30.5 Å². The molecule has 1 aromatic heterocycles. The van der Waals surface area contributed by atoms with Crippen molar-refractivity contribution in [2.75, 3.05) is 0 Å². The van der Waals surface area contributed by atoms with Gasteiger partial charge < -0.3 is 0 Å². The summed E-state index contributed by atoms with van der Waals surface area (Å²) in [5.74, 6) is 0.618. The molecule has 0 aliphatic heterocycles. The summed E-state index contributed by atoms with van der Waals surface area (Å²) in [7, 11) is 0. The van der Waals surface area contributed by atoms with Crippen molar-refractivity contribution >= 4 is 22.4 Å². The van der Waals surface area contributed by atoms with Crippen LogP contribution in [0.25, 0.3) is 10.8 Å². The van der Waals surface area contributed by atoms with E-state index < -0.39 is 0 Å². The van der Waals surface area contributed by atoms with Gasteiger partial charge in [0.05, 0.1) is 10.7 Å². The molecule has 1 saturated carbocycles. The summed E-state index contributed by atoms with van der Waals surface area (Å²) in [5.41, 5.74) is 1.09. The standard InChI is InChI=1S/C12H10ClN/c13-11-10-4-2-1-3-9(10)7-14-12(11)8-5-6-8/h1-4,7-8H,5-6H2. The highest BCUT2D eigenvalue weighted by atomic mass is 35.5. The van der Waals surface area contributed by atoms with Crippen LogP contribution in [0, 0.1) is 0 Å². The fourth-order valence-corrected chi connectivity index (χ4v) is 2.16. The minimum atomic E-state index is 0.618. The van der Waals surface area contributed by atoms with Crippen molar-refractivity contribution in [3.05, 3.63) is 41.2 Å². The zero-order valence-corrected chi connectivity index (χ0v) is 8.46. The van der Waals surface area contributed by atoms with E-state index in [4.69, 9.17) is 11.6 Å². The van der Waals surface area contributed by atoms with Crippen molar-refractivity contribution in [2.24, 2.45) is 0 Å². The highest BCUT2D eigenvalue weighted by molar-refractivity contribution is 6.36. The predicted molar refractivity (Wildman–Crippen MR) is 58.7 cm³/mol. The summed E-state index contributed by atoms with van der Waals surface area (Å²) in [6, 6.07) is 8.14. The Morgan fingerprint density at radius 2 is 2.00 bits per heavy atom. The zero-order chi connectivity index (χ0) is 9.54. The van der Waals surface area contributed by atoms with Crippen LogP contribution in [0.4, 0.5) is 0 Å². The Labute approximate surface area is 87.7 Å². The van der Waals surface area contributed by atoms with Crippen LogP contribution < -0.4 is 0 Å². The lowest BCUT2D eigenvalue weighted by Crippen LogP contribution is -1.88. The van der Waals surface area contributed by atoms with E-state index in [-0.39, 0.29) is 0 Å². The summed E-state index contributed by atoms with van der Waals surface area (Å²) in [4.78, 5) is 4.44. The molecule has 2 aromatic rings. The number of nitrogens with zero attached hydrogens (tertiary/aromatic N) is 1. The molecule has 14 heavy (non-hydrogen) atoms. The minimum absolute atomic E-state index is 0.618. The largest absolute Gasteiger partial charge is 0.259 e. The highest BCUT2D eigenvalue weighted by Crippen LogP contribution is 2.43. The Balaban J connectivity index is 2.30. The number of fused-ring (bicyclic) bond motifs is 1. The maximum Gasteiger partial charge on any atom is 0.0702 e. The van der Waals surface area contributed by atoms with Crippen LogP contribution in [0.3, 0.4) is 0 Å². The smallest absolute Gasteiger partial charge is 0.0702 e. The number of halogens is 1. The SMILES string of the molecule is Clc1c(C2CC2)ncc2ccccc12. The van der Waals surface area contributed by atoms with E-state index in [0.29, 0.717) is 5.92 Å². The van der Waals surface area contributed by atoms with Crippen molar-refractivity contribution in [1.82, 2.24) is 4.98 Å². The minimum Gasteiger partial charge on any atom is -0.259 e. The second-order valence-corrected chi connectivity index (χ2v) is 4.20. The van der Waals surface area contributed by atoms with Gasteiger partial charge in [0.25, 0.3) is 0 Å². The molecule has 70 valence electrons. The molecule has 0 bridgehead atoms. The first-order valence-electron chi connectivity index (χ1n) is 4.89. The van der Waals surface area contributed by atoms with Gasteiger partial charge in [0.2, 0.25) is 0 Å². The van der Waals surface area contributed by atoms with E-state index in [2.05, 4.69) is 11.1 Å². The van der Waals surface area contributed by atoms with Gasteiger partial charge in [-0.25, -0.2) is 0 Å². The molecule has 1 aliphatic carbocycles. The van der Waals surface area contributed by atoms with E-state index in [0.717, 1.165) is 21.5 Å².